The van der Waals surface area contributed by atoms with Gasteiger partial charge >= 0.3 is 0 Å². The summed E-state index contributed by atoms with van der Waals surface area (Å²) in [5, 5.41) is 3.01. The van der Waals surface area contributed by atoms with Crippen LogP contribution in [-0.4, -0.2) is 25.7 Å². The molecule has 0 atom stereocenters. The lowest BCUT2D eigenvalue weighted by atomic mass is 10.2. The van der Waals surface area contributed by atoms with E-state index in [1.165, 1.54) is 6.07 Å². The summed E-state index contributed by atoms with van der Waals surface area (Å²) < 4.78 is 13.1. The average molecular weight is 182 g/mol. The van der Waals surface area contributed by atoms with Crippen molar-refractivity contribution in [3.05, 3.63) is 35.6 Å². The molecule has 0 spiro atoms. The fourth-order valence-corrected chi connectivity index (χ4v) is 1.24. The number of benzene rings is 1. The number of nitrogens with zero attached hydrogens (tertiary/aromatic N) is 1. The van der Waals surface area contributed by atoms with E-state index in [-0.39, 0.29) is 5.82 Å². The molecule has 1 rings (SSSR count). The molecule has 0 bridgehead atoms. The Morgan fingerprint density at radius 1 is 1.38 bits per heavy atom. The smallest absolute Gasteiger partial charge is 0.127 e. The number of hydrogen-bond donors (Lipinski definition) is 1. The third-order valence-electron chi connectivity index (χ3n) is 1.83. The molecule has 0 radical (unpaired) electrons. The first-order valence-electron chi connectivity index (χ1n) is 4.30. The molecular formula is C10H15FN2. The first-order valence-corrected chi connectivity index (χ1v) is 4.30. The Bertz CT molecular complexity index is 263. The molecular weight excluding hydrogens is 167 g/mol. The van der Waals surface area contributed by atoms with Gasteiger partial charge in [-0.1, -0.05) is 18.2 Å². The molecule has 3 heteroatoms. The molecule has 0 aliphatic carbocycles. The van der Waals surface area contributed by atoms with Crippen molar-refractivity contribution in [2.75, 3.05) is 20.8 Å². The molecule has 0 fully saturated rings. The van der Waals surface area contributed by atoms with E-state index >= 15 is 0 Å². The Kier molecular flexibility index (Phi) is 3.86. The second kappa shape index (κ2) is 4.94. The van der Waals surface area contributed by atoms with Crippen LogP contribution in [0.2, 0.25) is 0 Å². The summed E-state index contributed by atoms with van der Waals surface area (Å²) in [5.74, 6) is -0.134. The molecule has 0 aliphatic rings. The van der Waals surface area contributed by atoms with Gasteiger partial charge in [0.25, 0.3) is 0 Å². The number of rotatable bonds is 4. The topological polar surface area (TPSA) is 15.3 Å². The maximum absolute atomic E-state index is 13.1. The largest absolute Gasteiger partial charge is 0.307 e. The van der Waals surface area contributed by atoms with Crippen molar-refractivity contribution < 1.29 is 4.39 Å². The van der Waals surface area contributed by atoms with Crippen molar-refractivity contribution in [3.63, 3.8) is 0 Å². The summed E-state index contributed by atoms with van der Waals surface area (Å²) in [7, 11) is 3.82. The van der Waals surface area contributed by atoms with Gasteiger partial charge in [0.15, 0.2) is 0 Å². The summed E-state index contributed by atoms with van der Waals surface area (Å²) in [5.41, 5.74) is 0.736. The van der Waals surface area contributed by atoms with Crippen molar-refractivity contribution in [3.8, 4) is 0 Å². The average Bonchev–Trinajstić information content (AvgIpc) is 2.09. The minimum Gasteiger partial charge on any atom is -0.307 e. The Morgan fingerprint density at radius 3 is 2.69 bits per heavy atom. The van der Waals surface area contributed by atoms with Crippen LogP contribution < -0.4 is 5.32 Å². The van der Waals surface area contributed by atoms with Gasteiger partial charge in [0.05, 0.1) is 0 Å². The van der Waals surface area contributed by atoms with Crippen LogP contribution in [-0.2, 0) is 6.54 Å². The first kappa shape index (κ1) is 10.2. The summed E-state index contributed by atoms with van der Waals surface area (Å²) >= 11 is 0. The van der Waals surface area contributed by atoms with Gasteiger partial charge in [0, 0.05) is 18.8 Å². The SMILES string of the molecule is CNCN(C)Cc1ccccc1F. The number of hydrogen-bond acceptors (Lipinski definition) is 2. The van der Waals surface area contributed by atoms with Crippen molar-refractivity contribution in [2.24, 2.45) is 0 Å². The van der Waals surface area contributed by atoms with E-state index in [9.17, 15) is 4.39 Å². The minimum absolute atomic E-state index is 0.134. The highest BCUT2D eigenvalue weighted by atomic mass is 19.1. The summed E-state index contributed by atoms with van der Waals surface area (Å²) in [6, 6.07) is 6.85. The van der Waals surface area contributed by atoms with E-state index < -0.39 is 0 Å². The maximum atomic E-state index is 13.1. The van der Waals surface area contributed by atoms with Gasteiger partial charge in [-0.25, -0.2) is 4.39 Å². The molecule has 1 aromatic rings. The van der Waals surface area contributed by atoms with Crippen molar-refractivity contribution in [1.82, 2.24) is 10.2 Å². The van der Waals surface area contributed by atoms with Crippen LogP contribution >= 0.6 is 0 Å². The summed E-state index contributed by atoms with van der Waals surface area (Å²) in [6.45, 7) is 1.39. The lowest BCUT2D eigenvalue weighted by Crippen LogP contribution is -2.28. The molecule has 0 heterocycles. The van der Waals surface area contributed by atoms with E-state index in [1.807, 2.05) is 31.1 Å². The van der Waals surface area contributed by atoms with Crippen LogP contribution in [0.25, 0.3) is 0 Å². The highest BCUT2D eigenvalue weighted by Gasteiger charge is 2.02. The highest BCUT2D eigenvalue weighted by Crippen LogP contribution is 2.07. The molecule has 0 amide bonds. The van der Waals surface area contributed by atoms with E-state index in [0.29, 0.717) is 6.54 Å². The van der Waals surface area contributed by atoms with Crippen molar-refractivity contribution in [2.45, 2.75) is 6.54 Å². The Morgan fingerprint density at radius 2 is 2.08 bits per heavy atom. The van der Waals surface area contributed by atoms with Gasteiger partial charge in [0.2, 0.25) is 0 Å². The molecule has 0 aliphatic heterocycles. The molecule has 0 unspecified atom stereocenters. The predicted molar refractivity (Wildman–Crippen MR) is 51.8 cm³/mol. The van der Waals surface area contributed by atoms with Crippen LogP contribution in [0, 0.1) is 5.82 Å². The normalized spacial score (nSPS) is 10.8. The second-order valence-electron chi connectivity index (χ2n) is 3.12. The molecule has 0 saturated carbocycles. The standard InChI is InChI=1S/C10H15FN2/c1-12-8-13(2)7-9-5-3-4-6-10(9)11/h3-6,12H,7-8H2,1-2H3. The lowest BCUT2D eigenvalue weighted by Gasteiger charge is -2.15. The summed E-state index contributed by atoms with van der Waals surface area (Å²) in [6.07, 6.45) is 0. The van der Waals surface area contributed by atoms with E-state index in [4.69, 9.17) is 0 Å². The van der Waals surface area contributed by atoms with Gasteiger partial charge in [-0.2, -0.15) is 0 Å². The maximum Gasteiger partial charge on any atom is 0.127 e. The molecule has 0 saturated heterocycles. The highest BCUT2D eigenvalue weighted by molar-refractivity contribution is 5.16. The Hall–Kier alpha value is -0.930. The zero-order valence-electron chi connectivity index (χ0n) is 8.05. The third kappa shape index (κ3) is 3.13. The van der Waals surface area contributed by atoms with E-state index in [0.717, 1.165) is 12.2 Å². The molecule has 2 nitrogen and oxygen atoms in total. The van der Waals surface area contributed by atoms with Crippen molar-refractivity contribution in [1.29, 1.82) is 0 Å². The van der Waals surface area contributed by atoms with Crippen LogP contribution in [0.1, 0.15) is 5.56 Å². The number of halogens is 1. The number of nitrogens with one attached hydrogen (secondary N) is 1. The quantitative estimate of drug-likeness (QED) is 0.709. The fourth-order valence-electron chi connectivity index (χ4n) is 1.24. The predicted octanol–water partition coefficient (Wildman–Crippen LogP) is 1.43. The molecule has 72 valence electrons. The molecule has 13 heavy (non-hydrogen) atoms. The van der Waals surface area contributed by atoms with Gasteiger partial charge < -0.3 is 5.32 Å². The molecule has 1 aromatic carbocycles. The monoisotopic (exact) mass is 182 g/mol. The van der Waals surface area contributed by atoms with Gasteiger partial charge in [0.1, 0.15) is 5.82 Å². The zero-order chi connectivity index (χ0) is 9.68. The van der Waals surface area contributed by atoms with Crippen LogP contribution in [0.15, 0.2) is 24.3 Å². The zero-order valence-corrected chi connectivity index (χ0v) is 8.05. The van der Waals surface area contributed by atoms with Gasteiger partial charge in [-0.15, -0.1) is 0 Å². The lowest BCUT2D eigenvalue weighted by molar-refractivity contribution is 0.305. The fraction of sp³-hybridized carbons (Fsp3) is 0.400. The van der Waals surface area contributed by atoms with Crippen LogP contribution in [0.3, 0.4) is 0 Å². The summed E-state index contributed by atoms with van der Waals surface area (Å²) in [4.78, 5) is 2.01. The van der Waals surface area contributed by atoms with E-state index in [2.05, 4.69) is 5.32 Å². The third-order valence-corrected chi connectivity index (χ3v) is 1.83. The second-order valence-corrected chi connectivity index (χ2v) is 3.12. The minimum atomic E-state index is -0.134. The Labute approximate surface area is 78.4 Å². The van der Waals surface area contributed by atoms with Crippen LogP contribution in [0.4, 0.5) is 4.39 Å². The molecule has 1 N–H and O–H groups in total. The molecule has 0 aromatic heterocycles. The van der Waals surface area contributed by atoms with E-state index in [1.54, 1.807) is 6.07 Å². The van der Waals surface area contributed by atoms with Crippen LogP contribution in [0.5, 0.6) is 0 Å². The Balaban J connectivity index is 2.58. The first-order chi connectivity index (χ1) is 6.24. The van der Waals surface area contributed by atoms with Crippen molar-refractivity contribution >= 4 is 0 Å². The van der Waals surface area contributed by atoms with Gasteiger partial charge in [-0.05, 0) is 20.2 Å². The van der Waals surface area contributed by atoms with Gasteiger partial charge in [-0.3, -0.25) is 4.90 Å².